The predicted molar refractivity (Wildman–Crippen MR) is 83.6 cm³/mol. The van der Waals surface area contributed by atoms with Gasteiger partial charge in [-0.2, -0.15) is 0 Å². The molecule has 0 saturated carbocycles. The molecule has 0 aliphatic rings. The third-order valence-corrected chi connectivity index (χ3v) is 2.89. The number of nitrogens with two attached hydrogens (primary N) is 1. The second-order valence-electron chi connectivity index (χ2n) is 6.27. The van der Waals surface area contributed by atoms with Crippen LogP contribution in [-0.2, 0) is 16.0 Å². The number of rotatable bonds is 5. The van der Waals surface area contributed by atoms with Gasteiger partial charge in [0.25, 0.3) is 0 Å². The summed E-state index contributed by atoms with van der Waals surface area (Å²) in [4.78, 5) is 23.9. The van der Waals surface area contributed by atoms with Gasteiger partial charge >= 0.3 is 0 Å². The maximum atomic E-state index is 12.0. The summed E-state index contributed by atoms with van der Waals surface area (Å²) in [5.41, 5.74) is 6.54. The SMILES string of the molecule is CC(NC(=O)C(N)Cc1ccccc1)C(=O)NC(C)(C)C. The molecule has 1 aromatic carbocycles. The van der Waals surface area contributed by atoms with E-state index < -0.39 is 12.1 Å². The molecule has 2 unspecified atom stereocenters. The molecule has 21 heavy (non-hydrogen) atoms. The minimum absolute atomic E-state index is 0.220. The van der Waals surface area contributed by atoms with Gasteiger partial charge in [-0.05, 0) is 39.7 Å². The highest BCUT2D eigenvalue weighted by molar-refractivity contribution is 5.89. The lowest BCUT2D eigenvalue weighted by Gasteiger charge is -2.24. The molecule has 5 heteroatoms. The summed E-state index contributed by atoms with van der Waals surface area (Å²) in [6.07, 6.45) is 0.445. The number of nitrogens with one attached hydrogen (secondary N) is 2. The fraction of sp³-hybridized carbons (Fsp3) is 0.500. The van der Waals surface area contributed by atoms with Crippen molar-refractivity contribution in [3.05, 3.63) is 35.9 Å². The van der Waals surface area contributed by atoms with E-state index in [9.17, 15) is 9.59 Å². The molecule has 0 aliphatic heterocycles. The van der Waals surface area contributed by atoms with Crippen molar-refractivity contribution in [2.75, 3.05) is 0 Å². The van der Waals surface area contributed by atoms with Crippen molar-refractivity contribution in [2.45, 2.75) is 51.7 Å². The molecule has 0 bridgehead atoms. The standard InChI is InChI=1S/C16H25N3O2/c1-11(14(20)19-16(2,3)4)18-15(21)13(17)10-12-8-6-5-7-9-12/h5-9,11,13H,10,17H2,1-4H3,(H,18,21)(H,19,20). The fourth-order valence-electron chi connectivity index (χ4n) is 1.82. The molecule has 0 radical (unpaired) electrons. The van der Waals surface area contributed by atoms with Crippen LogP contribution in [0.1, 0.15) is 33.3 Å². The highest BCUT2D eigenvalue weighted by atomic mass is 16.2. The molecule has 0 spiro atoms. The largest absolute Gasteiger partial charge is 0.350 e. The highest BCUT2D eigenvalue weighted by Gasteiger charge is 2.23. The van der Waals surface area contributed by atoms with E-state index in [4.69, 9.17) is 5.73 Å². The Labute approximate surface area is 126 Å². The lowest BCUT2D eigenvalue weighted by atomic mass is 10.1. The third-order valence-electron chi connectivity index (χ3n) is 2.89. The van der Waals surface area contributed by atoms with Crippen molar-refractivity contribution >= 4 is 11.8 Å². The first-order valence-electron chi connectivity index (χ1n) is 7.11. The first-order chi connectivity index (χ1) is 9.69. The van der Waals surface area contributed by atoms with E-state index in [-0.39, 0.29) is 17.4 Å². The Hall–Kier alpha value is -1.88. The van der Waals surface area contributed by atoms with Crippen LogP contribution >= 0.6 is 0 Å². The molecule has 0 aromatic heterocycles. The van der Waals surface area contributed by atoms with E-state index in [2.05, 4.69) is 10.6 Å². The molecule has 0 saturated heterocycles. The number of amides is 2. The average molecular weight is 291 g/mol. The van der Waals surface area contributed by atoms with Crippen LogP contribution in [0.25, 0.3) is 0 Å². The van der Waals surface area contributed by atoms with Gasteiger partial charge in [0.2, 0.25) is 11.8 Å². The fourth-order valence-corrected chi connectivity index (χ4v) is 1.82. The Morgan fingerprint density at radius 1 is 1.14 bits per heavy atom. The molecule has 1 aromatic rings. The van der Waals surface area contributed by atoms with Crippen molar-refractivity contribution in [3.63, 3.8) is 0 Å². The van der Waals surface area contributed by atoms with Gasteiger partial charge in [-0.15, -0.1) is 0 Å². The van der Waals surface area contributed by atoms with Crippen LogP contribution in [0.2, 0.25) is 0 Å². The van der Waals surface area contributed by atoms with E-state index in [1.807, 2.05) is 51.1 Å². The van der Waals surface area contributed by atoms with Gasteiger partial charge in [0.05, 0.1) is 6.04 Å². The zero-order chi connectivity index (χ0) is 16.0. The van der Waals surface area contributed by atoms with Crippen LogP contribution < -0.4 is 16.4 Å². The van der Waals surface area contributed by atoms with Crippen LogP contribution in [-0.4, -0.2) is 29.4 Å². The lowest BCUT2D eigenvalue weighted by Crippen LogP contribution is -2.54. The topological polar surface area (TPSA) is 84.2 Å². The van der Waals surface area contributed by atoms with E-state index in [1.54, 1.807) is 6.92 Å². The number of benzene rings is 1. The van der Waals surface area contributed by atoms with Gasteiger partial charge in [0.15, 0.2) is 0 Å². The van der Waals surface area contributed by atoms with Crippen LogP contribution in [0.15, 0.2) is 30.3 Å². The van der Waals surface area contributed by atoms with E-state index in [1.165, 1.54) is 0 Å². The lowest BCUT2D eigenvalue weighted by molar-refractivity contribution is -0.130. The maximum absolute atomic E-state index is 12.0. The van der Waals surface area contributed by atoms with Crippen LogP contribution in [0.3, 0.4) is 0 Å². The Morgan fingerprint density at radius 2 is 1.71 bits per heavy atom. The Bertz CT molecular complexity index is 480. The van der Waals surface area contributed by atoms with Gasteiger partial charge in [-0.25, -0.2) is 0 Å². The summed E-state index contributed by atoms with van der Waals surface area (Å²) in [5, 5.41) is 5.46. The molecule has 5 nitrogen and oxygen atoms in total. The van der Waals surface area contributed by atoms with Crippen LogP contribution in [0, 0.1) is 0 Å². The molecule has 116 valence electrons. The normalized spacial score (nSPS) is 14.1. The molecule has 0 heterocycles. The Kier molecular flexibility index (Phi) is 5.90. The van der Waals surface area contributed by atoms with Crippen molar-refractivity contribution in [3.8, 4) is 0 Å². The molecule has 1 rings (SSSR count). The summed E-state index contributed by atoms with van der Waals surface area (Å²) in [7, 11) is 0. The zero-order valence-corrected chi connectivity index (χ0v) is 13.1. The van der Waals surface area contributed by atoms with Gasteiger partial charge < -0.3 is 16.4 Å². The van der Waals surface area contributed by atoms with Crippen molar-refractivity contribution in [2.24, 2.45) is 5.73 Å². The summed E-state index contributed by atoms with van der Waals surface area (Å²) in [6.45, 7) is 7.32. The van der Waals surface area contributed by atoms with E-state index in [0.717, 1.165) is 5.56 Å². The maximum Gasteiger partial charge on any atom is 0.242 e. The number of carbonyl (C=O) groups excluding carboxylic acids is 2. The molecule has 0 fully saturated rings. The third kappa shape index (κ3) is 6.40. The smallest absolute Gasteiger partial charge is 0.242 e. The minimum atomic E-state index is -0.669. The summed E-state index contributed by atoms with van der Waals surface area (Å²) < 4.78 is 0. The second-order valence-corrected chi connectivity index (χ2v) is 6.27. The number of carbonyl (C=O) groups is 2. The molecular weight excluding hydrogens is 266 g/mol. The molecule has 2 atom stereocenters. The Morgan fingerprint density at radius 3 is 2.24 bits per heavy atom. The van der Waals surface area contributed by atoms with Gasteiger partial charge in [-0.1, -0.05) is 30.3 Å². The second kappa shape index (κ2) is 7.22. The summed E-state index contributed by atoms with van der Waals surface area (Å²) >= 11 is 0. The van der Waals surface area contributed by atoms with Crippen molar-refractivity contribution in [1.82, 2.24) is 10.6 Å². The quantitative estimate of drug-likeness (QED) is 0.756. The molecule has 2 amide bonds. The highest BCUT2D eigenvalue weighted by Crippen LogP contribution is 2.03. The van der Waals surface area contributed by atoms with E-state index >= 15 is 0 Å². The van der Waals surface area contributed by atoms with Crippen LogP contribution in [0.4, 0.5) is 0 Å². The minimum Gasteiger partial charge on any atom is -0.350 e. The van der Waals surface area contributed by atoms with Gasteiger partial charge in [0, 0.05) is 5.54 Å². The van der Waals surface area contributed by atoms with Crippen LogP contribution in [0.5, 0.6) is 0 Å². The predicted octanol–water partition coefficient (Wildman–Crippen LogP) is 0.976. The Balaban J connectivity index is 2.50. The molecule has 0 aliphatic carbocycles. The number of hydrogen-bond donors (Lipinski definition) is 3. The first kappa shape index (κ1) is 17.2. The van der Waals surface area contributed by atoms with Gasteiger partial charge in [0.1, 0.15) is 6.04 Å². The monoisotopic (exact) mass is 291 g/mol. The molecular formula is C16H25N3O2. The summed E-state index contributed by atoms with van der Waals surface area (Å²) in [5.74, 6) is -0.543. The first-order valence-corrected chi connectivity index (χ1v) is 7.11. The van der Waals surface area contributed by atoms with Gasteiger partial charge in [-0.3, -0.25) is 9.59 Å². The molecule has 4 N–H and O–H groups in total. The van der Waals surface area contributed by atoms with E-state index in [0.29, 0.717) is 6.42 Å². The average Bonchev–Trinajstić information content (AvgIpc) is 2.37. The number of hydrogen-bond acceptors (Lipinski definition) is 3. The summed E-state index contributed by atoms with van der Waals surface area (Å²) in [6, 6.07) is 8.27. The van der Waals surface area contributed by atoms with Crippen molar-refractivity contribution < 1.29 is 9.59 Å². The zero-order valence-electron chi connectivity index (χ0n) is 13.1. The van der Waals surface area contributed by atoms with Crippen molar-refractivity contribution in [1.29, 1.82) is 0 Å².